The van der Waals surface area contributed by atoms with Gasteiger partial charge in [-0.1, -0.05) is 44.7 Å². The molecule has 190 valence electrons. The zero-order valence-electron chi connectivity index (χ0n) is 20.2. The van der Waals surface area contributed by atoms with E-state index in [0.717, 1.165) is 18.6 Å². The number of aliphatic hydroxyl groups is 3. The molecule has 0 aliphatic rings. The van der Waals surface area contributed by atoms with Gasteiger partial charge in [0.25, 0.3) is 5.79 Å². The number of rotatable bonds is 11. The third-order valence-corrected chi connectivity index (χ3v) is 3.00. The monoisotopic (exact) mass is 472 g/mol. The first kappa shape index (κ1) is 34.9. The molecule has 0 bridgehead atoms. The molecule has 0 amide bonds. The van der Waals surface area contributed by atoms with Crippen molar-refractivity contribution in [1.82, 2.24) is 0 Å². The highest BCUT2D eigenvalue weighted by molar-refractivity contribution is 5.81. The van der Waals surface area contributed by atoms with E-state index in [1.807, 2.05) is 13.0 Å². The molecule has 9 heteroatoms. The second-order valence-corrected chi connectivity index (χ2v) is 5.88. The largest absolute Gasteiger partial charge is 0.455 e. The molecular weight excluding hydrogens is 432 g/mol. The number of hydrogen-bond donors (Lipinski definition) is 3. The van der Waals surface area contributed by atoms with Gasteiger partial charge in [-0.3, -0.25) is 4.89 Å². The summed E-state index contributed by atoms with van der Waals surface area (Å²) in [6.45, 7) is 14.2. The average Bonchev–Trinajstić information content (AvgIpc) is 2.81. The highest BCUT2D eigenvalue weighted by Gasteiger charge is 2.38. The quantitative estimate of drug-likeness (QED) is 0.146. The van der Waals surface area contributed by atoms with Crippen molar-refractivity contribution >= 4 is 11.9 Å². The van der Waals surface area contributed by atoms with Gasteiger partial charge in [-0.25, -0.2) is 9.59 Å². The predicted molar refractivity (Wildman–Crippen MR) is 126 cm³/mol. The summed E-state index contributed by atoms with van der Waals surface area (Å²) in [6, 6.07) is 8.83. The van der Waals surface area contributed by atoms with Crippen molar-refractivity contribution in [2.75, 3.05) is 26.4 Å². The van der Waals surface area contributed by atoms with Gasteiger partial charge in [0.05, 0.1) is 0 Å². The van der Waals surface area contributed by atoms with E-state index in [4.69, 9.17) is 34.6 Å². The van der Waals surface area contributed by atoms with Gasteiger partial charge in [-0.15, -0.1) is 4.89 Å². The summed E-state index contributed by atoms with van der Waals surface area (Å²) in [5.74, 6) is -2.39. The number of aliphatic hydroxyl groups excluding tert-OH is 3. The summed E-state index contributed by atoms with van der Waals surface area (Å²) < 4.78 is 10.9. The van der Waals surface area contributed by atoms with E-state index >= 15 is 0 Å². The topological polar surface area (TPSA) is 132 Å². The van der Waals surface area contributed by atoms with E-state index < -0.39 is 17.7 Å². The van der Waals surface area contributed by atoms with Crippen molar-refractivity contribution < 1.29 is 44.2 Å². The molecule has 0 aliphatic carbocycles. The molecule has 0 saturated carbocycles. The minimum atomic E-state index is -1.46. The predicted octanol–water partition coefficient (Wildman–Crippen LogP) is 3.34. The second-order valence-electron chi connectivity index (χ2n) is 5.88. The summed E-state index contributed by atoms with van der Waals surface area (Å²) in [7, 11) is 0. The van der Waals surface area contributed by atoms with Crippen LogP contribution in [0.2, 0.25) is 0 Å². The zero-order valence-corrected chi connectivity index (χ0v) is 20.2. The molecule has 33 heavy (non-hydrogen) atoms. The first-order valence-electron chi connectivity index (χ1n) is 10.7. The Balaban J connectivity index is -0.000000860. The third-order valence-electron chi connectivity index (χ3n) is 3.00. The van der Waals surface area contributed by atoms with Crippen molar-refractivity contribution in [3.05, 3.63) is 55.6 Å². The van der Waals surface area contributed by atoms with Crippen LogP contribution in [0.25, 0.3) is 0 Å². The molecule has 0 fully saturated rings. The fraction of sp³-hybridized carbons (Fsp3) is 0.500. The van der Waals surface area contributed by atoms with Gasteiger partial charge < -0.3 is 24.8 Å². The van der Waals surface area contributed by atoms with Gasteiger partial charge in [0.15, 0.2) is 6.61 Å². The maximum absolute atomic E-state index is 11.4. The van der Waals surface area contributed by atoms with Gasteiger partial charge in [-0.2, -0.15) is 0 Å². The van der Waals surface area contributed by atoms with Gasteiger partial charge >= 0.3 is 11.9 Å². The molecule has 1 aromatic carbocycles. The molecule has 0 saturated heterocycles. The zero-order chi connectivity index (χ0) is 26.0. The minimum Gasteiger partial charge on any atom is -0.455 e. The normalized spacial score (nSPS) is 10.8. The fourth-order valence-electron chi connectivity index (χ4n) is 1.78. The number of ether oxygens (including phenoxy) is 2. The van der Waals surface area contributed by atoms with E-state index in [1.54, 1.807) is 45.0 Å². The van der Waals surface area contributed by atoms with Crippen LogP contribution in [0.1, 0.15) is 47.0 Å². The van der Waals surface area contributed by atoms with Gasteiger partial charge in [-0.05, 0) is 39.3 Å². The van der Waals surface area contributed by atoms with E-state index in [9.17, 15) is 9.59 Å². The number of carbonyl (C=O) groups is 2. The Morgan fingerprint density at radius 2 is 1.39 bits per heavy atom. The van der Waals surface area contributed by atoms with Crippen LogP contribution >= 0.6 is 0 Å². The Hall–Kier alpha value is -2.72. The lowest BCUT2D eigenvalue weighted by Crippen LogP contribution is -2.45. The van der Waals surface area contributed by atoms with Gasteiger partial charge in [0, 0.05) is 38.4 Å². The lowest BCUT2D eigenvalue weighted by Gasteiger charge is -2.31. The molecular formula is C24H40O9. The summed E-state index contributed by atoms with van der Waals surface area (Å²) >= 11 is 0. The highest BCUT2D eigenvalue weighted by atomic mass is 17.2. The molecule has 0 radical (unpaired) electrons. The van der Waals surface area contributed by atoms with E-state index in [0.29, 0.717) is 18.6 Å². The van der Waals surface area contributed by atoms with Gasteiger partial charge in [0.2, 0.25) is 0 Å². The molecule has 9 nitrogen and oxygen atoms in total. The van der Waals surface area contributed by atoms with Crippen LogP contribution in [-0.2, 0) is 24.1 Å². The van der Waals surface area contributed by atoms with Crippen LogP contribution in [-0.4, -0.2) is 59.5 Å². The lowest BCUT2D eigenvalue weighted by molar-refractivity contribution is -0.390. The van der Waals surface area contributed by atoms with Crippen molar-refractivity contribution in [1.29, 1.82) is 0 Å². The maximum Gasteiger partial charge on any atom is 0.365 e. The molecule has 0 heterocycles. The minimum absolute atomic E-state index is 0.250. The number of hydrogen-bond acceptors (Lipinski definition) is 9. The molecule has 0 aliphatic heterocycles. The van der Waals surface area contributed by atoms with Gasteiger partial charge in [0.1, 0.15) is 5.75 Å². The molecule has 1 unspecified atom stereocenters. The Morgan fingerprint density at radius 1 is 0.909 bits per heavy atom. The highest BCUT2D eigenvalue weighted by Crippen LogP contribution is 2.26. The number of carbonyl (C=O) groups excluding carboxylic acids is 2. The Morgan fingerprint density at radius 3 is 1.82 bits per heavy atom. The molecule has 0 aromatic heterocycles. The van der Waals surface area contributed by atoms with Crippen LogP contribution in [0.5, 0.6) is 5.75 Å². The van der Waals surface area contributed by atoms with Crippen LogP contribution in [0, 0.1) is 0 Å². The average molecular weight is 473 g/mol. The van der Waals surface area contributed by atoms with Crippen molar-refractivity contribution in [2.45, 2.75) is 52.7 Å². The fourth-order valence-corrected chi connectivity index (χ4v) is 1.78. The molecule has 1 atom stereocenters. The van der Waals surface area contributed by atoms with Crippen molar-refractivity contribution in [3.8, 4) is 5.75 Å². The van der Waals surface area contributed by atoms with Crippen molar-refractivity contribution in [2.24, 2.45) is 0 Å². The number of unbranched alkanes of at least 4 members (excludes halogenated alkanes) is 1. The summed E-state index contributed by atoms with van der Waals surface area (Å²) in [6.07, 6.45) is 3.87. The standard InChI is InChI=1S/C18H22O6.3C2H6O/c1-4-7-13-18(14-21-16(19)5-2,24-23-17(20)6-3)22-15-11-9-8-10-12-15;3*1-2-3/h5-6,8-12H,2-4,7,13-14H2,1H3;3*3H,2H2,1H3. The number of esters is 1. The van der Waals surface area contributed by atoms with Crippen LogP contribution in [0.4, 0.5) is 0 Å². The van der Waals surface area contributed by atoms with Crippen LogP contribution in [0.3, 0.4) is 0 Å². The first-order chi connectivity index (χ1) is 15.8. The van der Waals surface area contributed by atoms with E-state index in [1.165, 1.54) is 0 Å². The van der Waals surface area contributed by atoms with E-state index in [2.05, 4.69) is 13.2 Å². The van der Waals surface area contributed by atoms with Crippen LogP contribution < -0.4 is 4.74 Å². The first-order valence-corrected chi connectivity index (χ1v) is 10.7. The molecule has 1 rings (SSSR count). The Kier molecular flexibility index (Phi) is 27.0. The van der Waals surface area contributed by atoms with E-state index in [-0.39, 0.29) is 26.4 Å². The Bertz CT molecular complexity index is 574. The Labute approximate surface area is 197 Å². The number of para-hydroxylation sites is 1. The molecule has 0 spiro atoms. The summed E-state index contributed by atoms with van der Waals surface area (Å²) in [5, 5.41) is 22.7. The molecule has 1 aromatic rings. The maximum atomic E-state index is 11.4. The summed E-state index contributed by atoms with van der Waals surface area (Å²) in [4.78, 5) is 32.7. The SMILES string of the molecule is C=CC(=O)OCC(CCCC)(OOC(=O)C=C)Oc1ccccc1.CCO.CCO.CCO. The lowest BCUT2D eigenvalue weighted by atomic mass is 10.1. The summed E-state index contributed by atoms with van der Waals surface area (Å²) in [5.41, 5.74) is 0. The smallest absolute Gasteiger partial charge is 0.365 e. The third kappa shape index (κ3) is 22.3. The second kappa shape index (κ2) is 25.5. The van der Waals surface area contributed by atoms with Crippen LogP contribution in [0.15, 0.2) is 55.6 Å². The van der Waals surface area contributed by atoms with Crippen molar-refractivity contribution in [3.63, 3.8) is 0 Å². The molecule has 3 N–H and O–H groups in total. The number of benzene rings is 1.